The molecule has 68 valence electrons. The number of fused-ring (bicyclic) bond motifs is 1. The Labute approximate surface area is 82.8 Å². The van der Waals surface area contributed by atoms with E-state index in [4.69, 9.17) is 4.74 Å². The Balaban J connectivity index is 2.49. The molecule has 0 aliphatic carbocycles. The molecule has 1 aliphatic heterocycles. The van der Waals surface area contributed by atoms with Crippen LogP contribution in [0.3, 0.4) is 0 Å². The lowest BCUT2D eigenvalue weighted by Gasteiger charge is -2.26. The van der Waals surface area contributed by atoms with Crippen LogP contribution in [0.25, 0.3) is 0 Å². The molecule has 2 rings (SSSR count). The van der Waals surface area contributed by atoms with Crippen molar-refractivity contribution < 1.29 is 14.7 Å². The van der Waals surface area contributed by atoms with Crippen LogP contribution in [0.1, 0.15) is 0 Å². The molecule has 1 amide bonds. The molecule has 1 N–H and O–H groups in total. The second-order valence-electron chi connectivity index (χ2n) is 2.55. The fourth-order valence-corrected chi connectivity index (χ4v) is 1.50. The number of benzene rings is 1. The molecule has 13 heavy (non-hydrogen) atoms. The van der Waals surface area contributed by atoms with Crippen molar-refractivity contribution in [1.29, 1.82) is 0 Å². The van der Waals surface area contributed by atoms with Gasteiger partial charge in [0.15, 0.2) is 0 Å². The summed E-state index contributed by atoms with van der Waals surface area (Å²) >= 11 is 2.99. The van der Waals surface area contributed by atoms with E-state index in [1.165, 1.54) is 0 Å². The monoisotopic (exact) mass is 243 g/mol. The van der Waals surface area contributed by atoms with Gasteiger partial charge in [0.1, 0.15) is 11.4 Å². The molecule has 0 fully saturated rings. The van der Waals surface area contributed by atoms with Gasteiger partial charge in [-0.05, 0) is 28.1 Å². The van der Waals surface area contributed by atoms with Gasteiger partial charge in [-0.15, -0.1) is 0 Å². The Morgan fingerprint density at radius 3 is 2.92 bits per heavy atom. The van der Waals surface area contributed by atoms with E-state index in [2.05, 4.69) is 15.9 Å². The Kier molecular flexibility index (Phi) is 1.97. The standard InChI is InChI=1S/C8H6BrNO3/c9-7-8(11)10(12)5-3-1-2-4-6(5)13-7/h1-4,7,12H. The van der Waals surface area contributed by atoms with Crippen molar-refractivity contribution in [2.45, 2.75) is 5.01 Å². The van der Waals surface area contributed by atoms with Gasteiger partial charge in [0, 0.05) is 0 Å². The maximum atomic E-state index is 11.2. The molecule has 5 heteroatoms. The third-order valence-electron chi connectivity index (χ3n) is 1.73. The number of para-hydroxylation sites is 2. The number of halogens is 1. The zero-order chi connectivity index (χ0) is 9.42. The van der Waals surface area contributed by atoms with Crippen LogP contribution in [0.5, 0.6) is 5.75 Å². The van der Waals surface area contributed by atoms with Gasteiger partial charge < -0.3 is 4.74 Å². The molecule has 0 spiro atoms. The van der Waals surface area contributed by atoms with E-state index in [-0.39, 0.29) is 0 Å². The van der Waals surface area contributed by atoms with Gasteiger partial charge >= 0.3 is 5.91 Å². The van der Waals surface area contributed by atoms with Crippen LogP contribution in [0.15, 0.2) is 24.3 Å². The first-order valence-electron chi connectivity index (χ1n) is 3.63. The highest BCUT2D eigenvalue weighted by Crippen LogP contribution is 2.33. The van der Waals surface area contributed by atoms with E-state index in [1.807, 2.05) is 0 Å². The lowest BCUT2D eigenvalue weighted by atomic mass is 10.2. The number of amides is 1. The van der Waals surface area contributed by atoms with Crippen LogP contribution in [0.4, 0.5) is 5.69 Å². The van der Waals surface area contributed by atoms with Crippen molar-refractivity contribution in [3.8, 4) is 5.75 Å². The number of alkyl halides is 1. The minimum atomic E-state index is -0.813. The number of carbonyl (C=O) groups is 1. The minimum Gasteiger partial charge on any atom is -0.467 e. The van der Waals surface area contributed by atoms with Crippen molar-refractivity contribution >= 4 is 27.5 Å². The SMILES string of the molecule is O=C1C(Br)Oc2ccccc2N1O. The van der Waals surface area contributed by atoms with Crippen LogP contribution in [-0.2, 0) is 4.79 Å². The van der Waals surface area contributed by atoms with Crippen LogP contribution >= 0.6 is 15.9 Å². The van der Waals surface area contributed by atoms with Gasteiger partial charge in [-0.2, -0.15) is 5.06 Å². The molecule has 0 saturated heterocycles. The molecule has 1 unspecified atom stereocenters. The number of hydroxylamine groups is 1. The van der Waals surface area contributed by atoms with Crippen molar-refractivity contribution in [1.82, 2.24) is 0 Å². The maximum Gasteiger partial charge on any atom is 0.303 e. The second kappa shape index (κ2) is 3.01. The first-order valence-corrected chi connectivity index (χ1v) is 4.54. The summed E-state index contributed by atoms with van der Waals surface area (Å²) < 4.78 is 5.18. The molecular weight excluding hydrogens is 238 g/mol. The number of hydrogen-bond donors (Lipinski definition) is 1. The number of hydrogen-bond acceptors (Lipinski definition) is 3. The van der Waals surface area contributed by atoms with Crippen LogP contribution in [-0.4, -0.2) is 16.1 Å². The molecular formula is C8H6BrNO3. The summed E-state index contributed by atoms with van der Waals surface area (Å²) in [5.41, 5.74) is 0.364. The van der Waals surface area contributed by atoms with Crippen molar-refractivity contribution in [3.05, 3.63) is 24.3 Å². The summed E-state index contributed by atoms with van der Waals surface area (Å²) in [4.78, 5) is 11.2. The van der Waals surface area contributed by atoms with Gasteiger partial charge in [-0.3, -0.25) is 10.0 Å². The molecule has 0 radical (unpaired) electrons. The Hall–Kier alpha value is -1.07. The van der Waals surface area contributed by atoms with Gasteiger partial charge in [-0.1, -0.05) is 12.1 Å². The average Bonchev–Trinajstić information content (AvgIpc) is 2.15. The molecule has 0 saturated carbocycles. The number of nitrogens with zero attached hydrogens (tertiary/aromatic N) is 1. The topological polar surface area (TPSA) is 49.8 Å². The lowest BCUT2D eigenvalue weighted by Crippen LogP contribution is -2.40. The highest BCUT2D eigenvalue weighted by molar-refractivity contribution is 9.09. The second-order valence-corrected chi connectivity index (χ2v) is 3.38. The van der Waals surface area contributed by atoms with E-state index in [1.54, 1.807) is 24.3 Å². The molecule has 0 aromatic heterocycles. The van der Waals surface area contributed by atoms with Crippen LogP contribution in [0.2, 0.25) is 0 Å². The van der Waals surface area contributed by atoms with Gasteiger partial charge in [-0.25, -0.2) is 0 Å². The highest BCUT2D eigenvalue weighted by Gasteiger charge is 2.31. The van der Waals surface area contributed by atoms with Crippen molar-refractivity contribution in [3.63, 3.8) is 0 Å². The fourth-order valence-electron chi connectivity index (χ4n) is 1.11. The first-order chi connectivity index (χ1) is 6.20. The highest BCUT2D eigenvalue weighted by atomic mass is 79.9. The van der Waals surface area contributed by atoms with E-state index in [0.717, 1.165) is 0 Å². The Bertz CT molecular complexity index is 355. The summed E-state index contributed by atoms with van der Waals surface area (Å²) in [5.74, 6) is -0.0508. The predicted molar refractivity (Wildman–Crippen MR) is 49.1 cm³/mol. The first kappa shape index (κ1) is 8.52. The van der Waals surface area contributed by atoms with Gasteiger partial charge in [0.2, 0.25) is 5.01 Å². The van der Waals surface area contributed by atoms with Crippen LogP contribution < -0.4 is 9.80 Å². The van der Waals surface area contributed by atoms with E-state index < -0.39 is 10.9 Å². The Morgan fingerprint density at radius 1 is 1.46 bits per heavy atom. The summed E-state index contributed by atoms with van der Waals surface area (Å²) in [5, 5.41) is 9.14. The minimum absolute atomic E-state index is 0.364. The fraction of sp³-hybridized carbons (Fsp3) is 0.125. The number of anilines is 1. The summed E-state index contributed by atoms with van der Waals surface area (Å²) in [6.45, 7) is 0. The molecule has 1 atom stereocenters. The quantitative estimate of drug-likeness (QED) is 0.556. The molecule has 1 aromatic carbocycles. The number of carbonyl (C=O) groups excluding carboxylic acids is 1. The van der Waals surface area contributed by atoms with Gasteiger partial charge in [0.25, 0.3) is 0 Å². The molecule has 0 bridgehead atoms. The third-order valence-corrected chi connectivity index (χ3v) is 2.31. The Morgan fingerprint density at radius 2 is 2.15 bits per heavy atom. The van der Waals surface area contributed by atoms with Crippen LogP contribution in [0, 0.1) is 0 Å². The van der Waals surface area contributed by atoms with E-state index in [0.29, 0.717) is 16.5 Å². The summed E-state index contributed by atoms with van der Waals surface area (Å²) in [6.07, 6.45) is 0. The average molecular weight is 244 g/mol. The largest absolute Gasteiger partial charge is 0.467 e. The van der Waals surface area contributed by atoms with Crippen molar-refractivity contribution in [2.75, 3.05) is 5.06 Å². The molecule has 1 heterocycles. The maximum absolute atomic E-state index is 11.2. The predicted octanol–water partition coefficient (Wildman–Crippen LogP) is 1.52. The molecule has 1 aliphatic rings. The van der Waals surface area contributed by atoms with E-state index >= 15 is 0 Å². The smallest absolute Gasteiger partial charge is 0.303 e. The zero-order valence-corrected chi connectivity index (χ0v) is 8.06. The van der Waals surface area contributed by atoms with Gasteiger partial charge in [0.05, 0.1) is 0 Å². The third kappa shape index (κ3) is 1.30. The normalized spacial score (nSPS) is 20.9. The zero-order valence-electron chi connectivity index (χ0n) is 6.48. The summed E-state index contributed by atoms with van der Waals surface area (Å²) in [7, 11) is 0. The van der Waals surface area contributed by atoms with Crippen molar-refractivity contribution in [2.24, 2.45) is 0 Å². The van der Waals surface area contributed by atoms with E-state index in [9.17, 15) is 10.0 Å². The number of rotatable bonds is 0. The lowest BCUT2D eigenvalue weighted by molar-refractivity contribution is -0.127. The molecule has 1 aromatic rings. The molecule has 4 nitrogen and oxygen atoms in total. The summed E-state index contributed by atoms with van der Waals surface area (Å²) in [6, 6.07) is 6.76. The number of ether oxygens (including phenoxy) is 1.